The summed E-state index contributed by atoms with van der Waals surface area (Å²) in [5.74, 6) is 3.04. The molecule has 0 bridgehead atoms. The maximum Gasteiger partial charge on any atom is 0.229 e. The fourth-order valence-electron chi connectivity index (χ4n) is 3.40. The highest BCUT2D eigenvalue weighted by molar-refractivity contribution is 4.96. The Hall–Kier alpha value is -0.900. The molecule has 19 heavy (non-hydrogen) atoms. The van der Waals surface area contributed by atoms with Crippen molar-refractivity contribution in [1.82, 2.24) is 15.5 Å². The third-order valence-corrected chi connectivity index (χ3v) is 4.56. The highest BCUT2D eigenvalue weighted by atomic mass is 16.5. The quantitative estimate of drug-likeness (QED) is 0.852. The zero-order valence-electron chi connectivity index (χ0n) is 11.7. The Morgan fingerprint density at radius 2 is 1.89 bits per heavy atom. The number of nitrogens with one attached hydrogen (secondary N) is 1. The standard InChI is InChI=1S/C15H25N3O/c1-2-4-8-13(7-3-1)15-17-14(18-19-15)10-12-6-5-9-16-11-12/h12-13,16H,1-11H2. The van der Waals surface area contributed by atoms with E-state index >= 15 is 0 Å². The molecule has 0 radical (unpaired) electrons. The highest BCUT2D eigenvalue weighted by Crippen LogP contribution is 2.30. The monoisotopic (exact) mass is 263 g/mol. The number of aromatic nitrogens is 2. The normalized spacial score (nSPS) is 26.2. The van der Waals surface area contributed by atoms with Gasteiger partial charge in [-0.05, 0) is 44.7 Å². The first-order chi connectivity index (χ1) is 9.42. The lowest BCUT2D eigenvalue weighted by Crippen LogP contribution is -2.31. The van der Waals surface area contributed by atoms with Crippen LogP contribution in [-0.4, -0.2) is 23.2 Å². The first-order valence-electron chi connectivity index (χ1n) is 7.95. The predicted octanol–water partition coefficient (Wildman–Crippen LogP) is 3.05. The van der Waals surface area contributed by atoms with Crippen molar-refractivity contribution in [1.29, 1.82) is 0 Å². The van der Waals surface area contributed by atoms with E-state index in [1.54, 1.807) is 0 Å². The summed E-state index contributed by atoms with van der Waals surface area (Å²) < 4.78 is 5.52. The Morgan fingerprint density at radius 1 is 1.05 bits per heavy atom. The molecule has 1 saturated carbocycles. The van der Waals surface area contributed by atoms with Crippen LogP contribution in [0.4, 0.5) is 0 Å². The SMILES string of the molecule is C1CCCC(c2nc(CC3CCCNC3)no2)CC1. The Labute approximate surface area is 115 Å². The molecule has 0 aromatic carbocycles. The minimum atomic E-state index is 0.522. The van der Waals surface area contributed by atoms with Gasteiger partial charge in [-0.2, -0.15) is 4.98 Å². The lowest BCUT2D eigenvalue weighted by Gasteiger charge is -2.20. The number of piperidine rings is 1. The summed E-state index contributed by atoms with van der Waals surface area (Å²) in [6.07, 6.45) is 11.4. The van der Waals surface area contributed by atoms with E-state index in [4.69, 9.17) is 4.52 Å². The van der Waals surface area contributed by atoms with E-state index in [1.807, 2.05) is 0 Å². The second kappa shape index (κ2) is 6.51. The molecule has 0 spiro atoms. The summed E-state index contributed by atoms with van der Waals surface area (Å²) >= 11 is 0. The van der Waals surface area contributed by atoms with Crippen LogP contribution >= 0.6 is 0 Å². The van der Waals surface area contributed by atoms with E-state index in [0.29, 0.717) is 11.8 Å². The molecule has 4 nitrogen and oxygen atoms in total. The molecule has 1 aliphatic carbocycles. The zero-order valence-corrected chi connectivity index (χ0v) is 11.7. The molecule has 1 unspecified atom stereocenters. The van der Waals surface area contributed by atoms with Crippen molar-refractivity contribution in [3.8, 4) is 0 Å². The summed E-state index contributed by atoms with van der Waals surface area (Å²) in [6.45, 7) is 2.27. The highest BCUT2D eigenvalue weighted by Gasteiger charge is 2.22. The minimum Gasteiger partial charge on any atom is -0.339 e. The third kappa shape index (κ3) is 3.56. The summed E-state index contributed by atoms with van der Waals surface area (Å²) in [7, 11) is 0. The number of hydrogen-bond acceptors (Lipinski definition) is 4. The smallest absolute Gasteiger partial charge is 0.229 e. The van der Waals surface area contributed by atoms with Crippen molar-refractivity contribution in [2.45, 2.75) is 63.7 Å². The molecule has 1 saturated heterocycles. The van der Waals surface area contributed by atoms with Crippen LogP contribution in [-0.2, 0) is 6.42 Å². The van der Waals surface area contributed by atoms with Crippen molar-refractivity contribution in [2.75, 3.05) is 13.1 Å². The van der Waals surface area contributed by atoms with Crippen LogP contribution in [0.3, 0.4) is 0 Å². The molecule has 4 heteroatoms. The van der Waals surface area contributed by atoms with Crippen molar-refractivity contribution in [2.24, 2.45) is 5.92 Å². The lowest BCUT2D eigenvalue weighted by molar-refractivity contribution is 0.329. The van der Waals surface area contributed by atoms with Gasteiger partial charge in [-0.3, -0.25) is 0 Å². The maximum atomic E-state index is 5.52. The van der Waals surface area contributed by atoms with Crippen LogP contribution in [0.2, 0.25) is 0 Å². The average Bonchev–Trinajstić information content (AvgIpc) is 2.74. The summed E-state index contributed by atoms with van der Waals surface area (Å²) in [6, 6.07) is 0. The number of rotatable bonds is 3. The van der Waals surface area contributed by atoms with E-state index in [1.165, 1.54) is 51.4 Å². The average molecular weight is 263 g/mol. The van der Waals surface area contributed by atoms with E-state index in [0.717, 1.165) is 31.2 Å². The molecule has 2 heterocycles. The van der Waals surface area contributed by atoms with Gasteiger partial charge in [0, 0.05) is 12.3 Å². The fourth-order valence-corrected chi connectivity index (χ4v) is 3.40. The second-order valence-corrected chi connectivity index (χ2v) is 6.15. The molecule has 1 aromatic rings. The number of hydrogen-bond donors (Lipinski definition) is 1. The minimum absolute atomic E-state index is 0.522. The van der Waals surface area contributed by atoms with Crippen LogP contribution in [0.15, 0.2) is 4.52 Å². The summed E-state index contributed by atoms with van der Waals surface area (Å²) in [4.78, 5) is 4.66. The van der Waals surface area contributed by atoms with Gasteiger partial charge in [0.1, 0.15) is 0 Å². The van der Waals surface area contributed by atoms with Gasteiger partial charge in [0.25, 0.3) is 0 Å². The van der Waals surface area contributed by atoms with Crippen molar-refractivity contribution in [3.63, 3.8) is 0 Å². The van der Waals surface area contributed by atoms with Crippen LogP contribution < -0.4 is 5.32 Å². The number of nitrogens with zero attached hydrogens (tertiary/aromatic N) is 2. The Bertz CT molecular complexity index is 376. The predicted molar refractivity (Wildman–Crippen MR) is 74.0 cm³/mol. The van der Waals surface area contributed by atoms with E-state index < -0.39 is 0 Å². The molecule has 0 amide bonds. The maximum absolute atomic E-state index is 5.52. The molecule has 1 aliphatic heterocycles. The molecule has 1 aromatic heterocycles. The van der Waals surface area contributed by atoms with Gasteiger partial charge < -0.3 is 9.84 Å². The van der Waals surface area contributed by atoms with Crippen molar-refractivity contribution < 1.29 is 4.52 Å². The first-order valence-corrected chi connectivity index (χ1v) is 7.95. The molecular weight excluding hydrogens is 238 g/mol. The second-order valence-electron chi connectivity index (χ2n) is 6.15. The molecule has 1 N–H and O–H groups in total. The van der Waals surface area contributed by atoms with Crippen LogP contribution in [0.5, 0.6) is 0 Å². The van der Waals surface area contributed by atoms with E-state index in [2.05, 4.69) is 15.5 Å². The van der Waals surface area contributed by atoms with Gasteiger partial charge in [-0.1, -0.05) is 30.8 Å². The van der Waals surface area contributed by atoms with Crippen LogP contribution in [0, 0.1) is 5.92 Å². The first kappa shape index (κ1) is 13.1. The van der Waals surface area contributed by atoms with Gasteiger partial charge >= 0.3 is 0 Å². The zero-order chi connectivity index (χ0) is 12.9. The van der Waals surface area contributed by atoms with Crippen molar-refractivity contribution >= 4 is 0 Å². The molecule has 3 rings (SSSR count). The molecule has 2 aliphatic rings. The largest absolute Gasteiger partial charge is 0.339 e. The Morgan fingerprint density at radius 3 is 2.63 bits per heavy atom. The molecular formula is C15H25N3O. The third-order valence-electron chi connectivity index (χ3n) is 4.56. The van der Waals surface area contributed by atoms with Gasteiger partial charge in [-0.25, -0.2) is 0 Å². The molecule has 1 atom stereocenters. The van der Waals surface area contributed by atoms with Crippen LogP contribution in [0.25, 0.3) is 0 Å². The van der Waals surface area contributed by atoms with Crippen molar-refractivity contribution in [3.05, 3.63) is 11.7 Å². The summed E-state index contributed by atoms with van der Waals surface area (Å²) in [5.41, 5.74) is 0. The Balaban J connectivity index is 1.58. The van der Waals surface area contributed by atoms with Gasteiger partial charge in [0.05, 0.1) is 0 Å². The topological polar surface area (TPSA) is 51.0 Å². The van der Waals surface area contributed by atoms with Gasteiger partial charge in [0.2, 0.25) is 5.89 Å². The van der Waals surface area contributed by atoms with Crippen LogP contribution in [0.1, 0.15) is 69.0 Å². The van der Waals surface area contributed by atoms with Gasteiger partial charge in [-0.15, -0.1) is 0 Å². The molecule has 2 fully saturated rings. The Kier molecular flexibility index (Phi) is 4.49. The fraction of sp³-hybridized carbons (Fsp3) is 0.867. The van der Waals surface area contributed by atoms with Gasteiger partial charge in [0.15, 0.2) is 5.82 Å². The van der Waals surface area contributed by atoms with E-state index in [-0.39, 0.29) is 0 Å². The molecule has 106 valence electrons. The lowest BCUT2D eigenvalue weighted by atomic mass is 9.96. The van der Waals surface area contributed by atoms with E-state index in [9.17, 15) is 0 Å². The summed E-state index contributed by atoms with van der Waals surface area (Å²) in [5, 5.41) is 7.65.